The molecule has 1 fully saturated rings. The van der Waals surface area contributed by atoms with Gasteiger partial charge < -0.3 is 0 Å². The average Bonchev–Trinajstić information content (AvgIpc) is 2.55. The number of nitrogens with zero attached hydrogens (tertiary/aromatic N) is 1. The molecule has 0 spiro atoms. The maximum Gasteiger partial charge on any atom is 0.0991 e. The quantitative estimate of drug-likeness (QED) is 0.547. The maximum atomic E-state index is 8.86. The van der Waals surface area contributed by atoms with E-state index in [9.17, 15) is 0 Å². The largest absolute Gasteiger partial charge is 0.192 e. The SMILES string of the molecule is CCCCCCC[C@H]1CC[C@H](c2ccc(C#N)cc2)CC1. The number of unbranched alkanes of at least 4 members (excludes halogenated alkanes) is 4. The van der Waals surface area contributed by atoms with Gasteiger partial charge in [0.25, 0.3) is 0 Å². The Kier molecular flexibility index (Phi) is 6.80. The highest BCUT2D eigenvalue weighted by molar-refractivity contribution is 5.33. The van der Waals surface area contributed by atoms with Crippen LogP contribution in [0.3, 0.4) is 0 Å². The Morgan fingerprint density at radius 2 is 1.62 bits per heavy atom. The molecule has 1 aromatic carbocycles. The third-order valence-electron chi connectivity index (χ3n) is 5.07. The Morgan fingerprint density at radius 3 is 2.24 bits per heavy atom. The molecule has 2 rings (SSSR count). The van der Waals surface area contributed by atoms with E-state index in [0.717, 1.165) is 17.4 Å². The molecule has 0 radical (unpaired) electrons. The van der Waals surface area contributed by atoms with Crippen LogP contribution < -0.4 is 0 Å². The first-order valence-electron chi connectivity index (χ1n) is 8.83. The van der Waals surface area contributed by atoms with Crippen molar-refractivity contribution in [2.45, 2.75) is 77.0 Å². The predicted octanol–water partition coefficient (Wildman–Crippen LogP) is 6.19. The van der Waals surface area contributed by atoms with Gasteiger partial charge in [-0.2, -0.15) is 5.26 Å². The number of rotatable bonds is 7. The van der Waals surface area contributed by atoms with Crippen LogP contribution in [-0.4, -0.2) is 0 Å². The molecule has 0 aromatic heterocycles. The van der Waals surface area contributed by atoms with E-state index < -0.39 is 0 Å². The van der Waals surface area contributed by atoms with Crippen molar-refractivity contribution in [3.63, 3.8) is 0 Å². The number of hydrogen-bond donors (Lipinski definition) is 0. The van der Waals surface area contributed by atoms with Crippen LogP contribution in [-0.2, 0) is 0 Å². The minimum absolute atomic E-state index is 0.731. The lowest BCUT2D eigenvalue weighted by atomic mass is 9.77. The Morgan fingerprint density at radius 1 is 0.952 bits per heavy atom. The van der Waals surface area contributed by atoms with Crippen molar-refractivity contribution < 1.29 is 0 Å². The highest BCUT2D eigenvalue weighted by Crippen LogP contribution is 2.37. The molecule has 0 unspecified atom stereocenters. The highest BCUT2D eigenvalue weighted by atomic mass is 14.3. The van der Waals surface area contributed by atoms with E-state index in [1.807, 2.05) is 12.1 Å². The molecule has 1 aliphatic carbocycles. The van der Waals surface area contributed by atoms with Crippen LogP contribution in [0.1, 0.15) is 88.2 Å². The molecule has 1 aromatic rings. The van der Waals surface area contributed by atoms with Gasteiger partial charge in [-0.1, -0.05) is 57.6 Å². The molecular weight excluding hydrogens is 254 g/mol. The first-order chi connectivity index (χ1) is 10.3. The van der Waals surface area contributed by atoms with Gasteiger partial charge in [0.1, 0.15) is 0 Å². The van der Waals surface area contributed by atoms with E-state index in [2.05, 4.69) is 25.1 Å². The fourth-order valence-corrected chi connectivity index (χ4v) is 3.65. The van der Waals surface area contributed by atoms with Crippen LogP contribution in [0.4, 0.5) is 0 Å². The molecule has 0 bridgehead atoms. The van der Waals surface area contributed by atoms with Gasteiger partial charge in [-0.25, -0.2) is 0 Å². The zero-order valence-corrected chi connectivity index (χ0v) is 13.5. The molecule has 0 atom stereocenters. The second-order valence-corrected chi connectivity index (χ2v) is 6.65. The lowest BCUT2D eigenvalue weighted by Gasteiger charge is -2.29. The molecule has 0 heterocycles. The third kappa shape index (κ3) is 5.20. The first kappa shape index (κ1) is 16.1. The molecule has 0 aliphatic heterocycles. The van der Waals surface area contributed by atoms with Crippen LogP contribution in [0.5, 0.6) is 0 Å². The Labute approximate surface area is 130 Å². The molecule has 0 amide bonds. The fourth-order valence-electron chi connectivity index (χ4n) is 3.65. The summed E-state index contributed by atoms with van der Waals surface area (Å²) < 4.78 is 0. The number of hydrogen-bond acceptors (Lipinski definition) is 1. The molecule has 114 valence electrons. The summed E-state index contributed by atoms with van der Waals surface area (Å²) in [5.74, 6) is 1.70. The normalized spacial score (nSPS) is 21.9. The van der Waals surface area contributed by atoms with E-state index in [4.69, 9.17) is 5.26 Å². The maximum absolute atomic E-state index is 8.86. The zero-order chi connectivity index (χ0) is 14.9. The fraction of sp³-hybridized carbons (Fsp3) is 0.650. The molecule has 1 aliphatic rings. The molecule has 0 N–H and O–H groups in total. The molecule has 0 saturated heterocycles. The summed E-state index contributed by atoms with van der Waals surface area (Å²) in [5, 5.41) is 8.86. The van der Waals surface area contributed by atoms with Crippen molar-refractivity contribution in [3.05, 3.63) is 35.4 Å². The Hall–Kier alpha value is -1.29. The van der Waals surface area contributed by atoms with Crippen LogP contribution in [0.2, 0.25) is 0 Å². The summed E-state index contributed by atoms with van der Waals surface area (Å²) in [4.78, 5) is 0. The van der Waals surface area contributed by atoms with Crippen molar-refractivity contribution >= 4 is 0 Å². The summed E-state index contributed by atoms with van der Waals surface area (Å²) in [6, 6.07) is 10.5. The van der Waals surface area contributed by atoms with E-state index in [1.165, 1.54) is 69.8 Å². The van der Waals surface area contributed by atoms with Crippen molar-refractivity contribution in [2.24, 2.45) is 5.92 Å². The third-order valence-corrected chi connectivity index (χ3v) is 5.07. The summed E-state index contributed by atoms with van der Waals surface area (Å²) >= 11 is 0. The molecule has 1 saturated carbocycles. The number of nitriles is 1. The van der Waals surface area contributed by atoms with Gasteiger partial charge in [-0.05, 0) is 55.2 Å². The standard InChI is InChI=1S/C20H29N/c1-2-3-4-5-6-7-17-8-12-19(13-9-17)20-14-10-18(16-21)11-15-20/h10-11,14-15,17,19H,2-9,12-13H2,1H3/t17-,19-. The van der Waals surface area contributed by atoms with E-state index >= 15 is 0 Å². The van der Waals surface area contributed by atoms with Crippen molar-refractivity contribution in [3.8, 4) is 6.07 Å². The smallest absolute Gasteiger partial charge is 0.0991 e. The van der Waals surface area contributed by atoms with Crippen molar-refractivity contribution in [1.29, 1.82) is 5.26 Å². The van der Waals surface area contributed by atoms with E-state index in [1.54, 1.807) is 0 Å². The van der Waals surface area contributed by atoms with Crippen molar-refractivity contribution in [1.82, 2.24) is 0 Å². The first-order valence-corrected chi connectivity index (χ1v) is 8.83. The second-order valence-electron chi connectivity index (χ2n) is 6.65. The predicted molar refractivity (Wildman–Crippen MR) is 89.2 cm³/mol. The lowest BCUT2D eigenvalue weighted by Crippen LogP contribution is -2.13. The molecule has 1 nitrogen and oxygen atoms in total. The molecule has 1 heteroatoms. The Balaban J connectivity index is 1.69. The second kappa shape index (κ2) is 8.88. The van der Waals surface area contributed by atoms with Gasteiger partial charge in [0.15, 0.2) is 0 Å². The minimum atomic E-state index is 0.731. The van der Waals surface area contributed by atoms with E-state index in [0.29, 0.717) is 0 Å². The Bertz CT molecular complexity index is 432. The molecule has 21 heavy (non-hydrogen) atoms. The minimum Gasteiger partial charge on any atom is -0.192 e. The highest BCUT2D eigenvalue weighted by Gasteiger charge is 2.21. The van der Waals surface area contributed by atoms with Crippen LogP contribution in [0.15, 0.2) is 24.3 Å². The van der Waals surface area contributed by atoms with Gasteiger partial charge in [0.2, 0.25) is 0 Å². The van der Waals surface area contributed by atoms with Gasteiger partial charge in [-0.3, -0.25) is 0 Å². The summed E-state index contributed by atoms with van der Waals surface area (Å²) in [5.41, 5.74) is 2.22. The van der Waals surface area contributed by atoms with Gasteiger partial charge in [0.05, 0.1) is 11.6 Å². The zero-order valence-electron chi connectivity index (χ0n) is 13.5. The van der Waals surface area contributed by atoms with E-state index in [-0.39, 0.29) is 0 Å². The summed E-state index contributed by atoms with van der Waals surface area (Å²) in [6.45, 7) is 2.28. The molecular formula is C20H29N. The van der Waals surface area contributed by atoms with Gasteiger partial charge >= 0.3 is 0 Å². The summed E-state index contributed by atoms with van der Waals surface area (Å²) in [7, 11) is 0. The van der Waals surface area contributed by atoms with Crippen LogP contribution in [0.25, 0.3) is 0 Å². The van der Waals surface area contributed by atoms with Gasteiger partial charge in [-0.15, -0.1) is 0 Å². The number of benzene rings is 1. The monoisotopic (exact) mass is 283 g/mol. The van der Waals surface area contributed by atoms with Gasteiger partial charge in [0, 0.05) is 0 Å². The van der Waals surface area contributed by atoms with Crippen LogP contribution in [0, 0.1) is 17.2 Å². The van der Waals surface area contributed by atoms with Crippen molar-refractivity contribution in [2.75, 3.05) is 0 Å². The topological polar surface area (TPSA) is 23.8 Å². The van der Waals surface area contributed by atoms with Crippen LogP contribution >= 0.6 is 0 Å². The summed E-state index contributed by atoms with van der Waals surface area (Å²) in [6.07, 6.45) is 14.0. The lowest BCUT2D eigenvalue weighted by molar-refractivity contribution is 0.302. The average molecular weight is 283 g/mol.